The van der Waals surface area contributed by atoms with Gasteiger partial charge in [0.25, 0.3) is 0 Å². The SMILES string of the molecule is CC1CN(C=O)c2ccccc21. The second-order valence-corrected chi connectivity index (χ2v) is 3.22. The van der Waals surface area contributed by atoms with Gasteiger partial charge >= 0.3 is 0 Å². The summed E-state index contributed by atoms with van der Waals surface area (Å²) in [7, 11) is 0. The van der Waals surface area contributed by atoms with Crippen molar-refractivity contribution >= 4 is 12.1 Å². The van der Waals surface area contributed by atoms with E-state index in [-0.39, 0.29) is 0 Å². The minimum atomic E-state index is 0.478. The second kappa shape index (κ2) is 2.63. The van der Waals surface area contributed by atoms with Crippen LogP contribution in [0.5, 0.6) is 0 Å². The number of para-hydroxylation sites is 1. The molecule has 0 fully saturated rings. The van der Waals surface area contributed by atoms with Crippen molar-refractivity contribution in [1.29, 1.82) is 0 Å². The van der Waals surface area contributed by atoms with Gasteiger partial charge in [0.05, 0.1) is 0 Å². The molecule has 12 heavy (non-hydrogen) atoms. The molecule has 0 saturated carbocycles. The summed E-state index contributed by atoms with van der Waals surface area (Å²) in [6, 6.07) is 8.06. The van der Waals surface area contributed by atoms with E-state index in [2.05, 4.69) is 13.0 Å². The fraction of sp³-hybridized carbons (Fsp3) is 0.300. The maximum Gasteiger partial charge on any atom is 0.214 e. The Kier molecular flexibility index (Phi) is 1.61. The topological polar surface area (TPSA) is 20.3 Å². The molecule has 0 aromatic heterocycles. The van der Waals surface area contributed by atoms with E-state index < -0.39 is 0 Å². The van der Waals surface area contributed by atoms with Crippen LogP contribution in [-0.2, 0) is 4.79 Å². The molecular formula is C10H11NO. The summed E-state index contributed by atoms with van der Waals surface area (Å²) < 4.78 is 0. The molecule has 1 atom stereocenters. The van der Waals surface area contributed by atoms with Gasteiger partial charge in [0.15, 0.2) is 0 Å². The van der Waals surface area contributed by atoms with Crippen molar-refractivity contribution in [1.82, 2.24) is 0 Å². The number of fused-ring (bicyclic) bond motifs is 1. The van der Waals surface area contributed by atoms with Crippen LogP contribution in [0.4, 0.5) is 5.69 Å². The number of hydrogen-bond acceptors (Lipinski definition) is 1. The number of carbonyl (C=O) groups excluding carboxylic acids is 1. The Morgan fingerprint density at radius 1 is 1.50 bits per heavy atom. The van der Waals surface area contributed by atoms with Gasteiger partial charge in [-0.25, -0.2) is 0 Å². The highest BCUT2D eigenvalue weighted by Gasteiger charge is 2.23. The molecule has 1 aromatic carbocycles. The summed E-state index contributed by atoms with van der Waals surface area (Å²) in [6.07, 6.45) is 0.905. The highest BCUT2D eigenvalue weighted by molar-refractivity contribution is 5.80. The van der Waals surface area contributed by atoms with Gasteiger partial charge in [-0.3, -0.25) is 4.79 Å². The Hall–Kier alpha value is -1.31. The first-order valence-corrected chi connectivity index (χ1v) is 4.14. The summed E-state index contributed by atoms with van der Waals surface area (Å²) in [5, 5.41) is 0. The molecule has 2 heteroatoms. The van der Waals surface area contributed by atoms with E-state index in [1.165, 1.54) is 5.56 Å². The Morgan fingerprint density at radius 2 is 2.25 bits per heavy atom. The van der Waals surface area contributed by atoms with Crippen LogP contribution in [0.1, 0.15) is 18.4 Å². The number of hydrogen-bond donors (Lipinski definition) is 0. The van der Waals surface area contributed by atoms with Crippen molar-refractivity contribution < 1.29 is 4.79 Å². The van der Waals surface area contributed by atoms with Gasteiger partial charge in [-0.05, 0) is 11.6 Å². The normalized spacial score (nSPS) is 20.8. The maximum absolute atomic E-state index is 10.6. The van der Waals surface area contributed by atoms with Gasteiger partial charge in [0, 0.05) is 18.2 Å². The first-order valence-electron chi connectivity index (χ1n) is 4.14. The molecular weight excluding hydrogens is 150 g/mol. The minimum Gasteiger partial charge on any atom is -0.314 e. The molecule has 1 aliphatic rings. The second-order valence-electron chi connectivity index (χ2n) is 3.22. The molecule has 1 heterocycles. The van der Waals surface area contributed by atoms with Crippen molar-refractivity contribution in [3.05, 3.63) is 29.8 Å². The van der Waals surface area contributed by atoms with E-state index in [0.717, 1.165) is 18.6 Å². The lowest BCUT2D eigenvalue weighted by molar-refractivity contribution is -0.107. The molecule has 1 aliphatic heterocycles. The summed E-state index contributed by atoms with van der Waals surface area (Å²) >= 11 is 0. The summed E-state index contributed by atoms with van der Waals surface area (Å²) in [5.41, 5.74) is 2.35. The van der Waals surface area contributed by atoms with Crippen LogP contribution in [0.15, 0.2) is 24.3 Å². The molecule has 0 saturated heterocycles. The molecule has 2 rings (SSSR count). The van der Waals surface area contributed by atoms with Crippen LogP contribution < -0.4 is 4.90 Å². The predicted octanol–water partition coefficient (Wildman–Crippen LogP) is 1.77. The number of anilines is 1. The first kappa shape index (κ1) is 7.35. The van der Waals surface area contributed by atoms with Gasteiger partial charge in [0.2, 0.25) is 6.41 Å². The quantitative estimate of drug-likeness (QED) is 0.575. The van der Waals surface area contributed by atoms with E-state index in [4.69, 9.17) is 0 Å². The van der Waals surface area contributed by atoms with Crippen LogP contribution in [0.3, 0.4) is 0 Å². The molecule has 0 bridgehead atoms. The van der Waals surface area contributed by atoms with E-state index in [0.29, 0.717) is 5.92 Å². The summed E-state index contributed by atoms with van der Waals surface area (Å²) in [5.74, 6) is 0.478. The maximum atomic E-state index is 10.6. The lowest BCUT2D eigenvalue weighted by Gasteiger charge is -2.08. The molecule has 0 radical (unpaired) electrons. The Balaban J connectivity index is 2.49. The van der Waals surface area contributed by atoms with Crippen LogP contribution >= 0.6 is 0 Å². The fourth-order valence-electron chi connectivity index (χ4n) is 1.76. The van der Waals surface area contributed by atoms with Crippen molar-refractivity contribution in [2.24, 2.45) is 0 Å². The standard InChI is InChI=1S/C10H11NO/c1-8-6-11(7-12)10-5-3-2-4-9(8)10/h2-5,7-8H,6H2,1H3. The van der Waals surface area contributed by atoms with Crippen LogP contribution in [0, 0.1) is 0 Å². The van der Waals surface area contributed by atoms with Crippen molar-refractivity contribution in [2.75, 3.05) is 11.4 Å². The highest BCUT2D eigenvalue weighted by atomic mass is 16.1. The average molecular weight is 161 g/mol. The molecule has 1 aromatic rings. The average Bonchev–Trinajstić information content (AvgIpc) is 2.44. The first-order chi connectivity index (χ1) is 5.83. The van der Waals surface area contributed by atoms with Crippen molar-refractivity contribution in [2.45, 2.75) is 12.8 Å². The third-order valence-corrected chi connectivity index (χ3v) is 2.37. The van der Waals surface area contributed by atoms with Crippen molar-refractivity contribution in [3.8, 4) is 0 Å². The summed E-state index contributed by atoms with van der Waals surface area (Å²) in [6.45, 7) is 2.96. The lowest BCUT2D eigenvalue weighted by Crippen LogP contribution is -2.18. The molecule has 62 valence electrons. The van der Waals surface area contributed by atoms with Gasteiger partial charge in [-0.15, -0.1) is 0 Å². The number of amides is 1. The molecule has 2 nitrogen and oxygen atoms in total. The summed E-state index contributed by atoms with van der Waals surface area (Å²) in [4.78, 5) is 12.4. The largest absolute Gasteiger partial charge is 0.314 e. The molecule has 0 spiro atoms. The number of carbonyl (C=O) groups is 1. The zero-order chi connectivity index (χ0) is 8.55. The highest BCUT2D eigenvalue weighted by Crippen LogP contribution is 2.34. The number of benzene rings is 1. The van der Waals surface area contributed by atoms with E-state index >= 15 is 0 Å². The molecule has 1 unspecified atom stereocenters. The lowest BCUT2D eigenvalue weighted by atomic mass is 10.0. The monoisotopic (exact) mass is 161 g/mol. The predicted molar refractivity (Wildman–Crippen MR) is 48.3 cm³/mol. The fourth-order valence-corrected chi connectivity index (χ4v) is 1.76. The van der Waals surface area contributed by atoms with E-state index in [9.17, 15) is 4.79 Å². The number of rotatable bonds is 1. The smallest absolute Gasteiger partial charge is 0.214 e. The molecule has 0 N–H and O–H groups in total. The molecule has 1 amide bonds. The van der Waals surface area contributed by atoms with Gasteiger partial charge in [-0.1, -0.05) is 25.1 Å². The van der Waals surface area contributed by atoms with Gasteiger partial charge < -0.3 is 4.90 Å². The Morgan fingerprint density at radius 3 is 3.00 bits per heavy atom. The Bertz CT molecular complexity index is 308. The van der Waals surface area contributed by atoms with E-state index in [1.807, 2.05) is 18.2 Å². The van der Waals surface area contributed by atoms with Gasteiger partial charge in [-0.2, -0.15) is 0 Å². The third-order valence-electron chi connectivity index (χ3n) is 2.37. The molecule has 0 aliphatic carbocycles. The third kappa shape index (κ3) is 0.916. The van der Waals surface area contributed by atoms with Crippen LogP contribution in [0.25, 0.3) is 0 Å². The Labute approximate surface area is 71.8 Å². The van der Waals surface area contributed by atoms with Crippen LogP contribution in [-0.4, -0.2) is 13.0 Å². The van der Waals surface area contributed by atoms with Gasteiger partial charge in [0.1, 0.15) is 0 Å². The zero-order valence-corrected chi connectivity index (χ0v) is 7.03. The zero-order valence-electron chi connectivity index (χ0n) is 7.03. The van der Waals surface area contributed by atoms with Crippen LogP contribution in [0.2, 0.25) is 0 Å². The van der Waals surface area contributed by atoms with E-state index in [1.54, 1.807) is 4.90 Å². The minimum absolute atomic E-state index is 0.478. The van der Waals surface area contributed by atoms with Crippen molar-refractivity contribution in [3.63, 3.8) is 0 Å². The number of nitrogens with zero attached hydrogens (tertiary/aromatic N) is 1.